The number of thiazole rings is 1. The minimum absolute atomic E-state index is 0.0982. The third-order valence-corrected chi connectivity index (χ3v) is 5.53. The van der Waals surface area contributed by atoms with Gasteiger partial charge in [-0.2, -0.15) is 0 Å². The number of nitrogens with zero attached hydrogens (tertiary/aromatic N) is 2. The second-order valence-electron chi connectivity index (χ2n) is 7.36. The fourth-order valence-electron chi connectivity index (χ4n) is 2.89. The molecule has 0 atom stereocenters. The lowest BCUT2D eigenvalue weighted by Gasteiger charge is -2.10. The van der Waals surface area contributed by atoms with Crippen LogP contribution in [0.4, 0.5) is 0 Å². The van der Waals surface area contributed by atoms with Gasteiger partial charge in [-0.3, -0.25) is 4.79 Å². The summed E-state index contributed by atoms with van der Waals surface area (Å²) in [4.78, 5) is 19.8. The van der Waals surface area contributed by atoms with Gasteiger partial charge < -0.3 is 15.0 Å². The molecule has 0 saturated carbocycles. The van der Waals surface area contributed by atoms with Crippen LogP contribution in [0.25, 0.3) is 0 Å². The summed E-state index contributed by atoms with van der Waals surface area (Å²) >= 11 is 1.38. The van der Waals surface area contributed by atoms with Crippen LogP contribution in [0.5, 0.6) is 5.75 Å². The second kappa shape index (κ2) is 9.67. The summed E-state index contributed by atoms with van der Waals surface area (Å²) in [6, 6.07) is 16.2. The highest BCUT2D eigenvalue weighted by Crippen LogP contribution is 2.21. The van der Waals surface area contributed by atoms with Gasteiger partial charge in [0.25, 0.3) is 5.91 Å². The highest BCUT2D eigenvalue weighted by Gasteiger charge is 2.15. The molecule has 29 heavy (non-hydrogen) atoms. The number of aromatic nitrogens is 1. The Balaban J connectivity index is 1.54. The quantitative estimate of drug-likeness (QED) is 0.602. The number of hydrogen-bond donors (Lipinski definition) is 1. The fraction of sp³-hybridized carbons (Fsp3) is 0.304. The van der Waals surface area contributed by atoms with Crippen molar-refractivity contribution in [3.63, 3.8) is 0 Å². The molecule has 0 unspecified atom stereocenters. The number of rotatable bonds is 8. The van der Waals surface area contributed by atoms with Crippen LogP contribution in [0.15, 0.2) is 48.5 Å². The number of carbonyl (C=O) groups excluding carboxylic acids is 1. The van der Waals surface area contributed by atoms with Gasteiger partial charge in [-0.1, -0.05) is 42.0 Å². The molecule has 1 N–H and O–H groups in total. The maximum Gasteiger partial charge on any atom is 0.263 e. The Morgan fingerprint density at radius 3 is 2.34 bits per heavy atom. The molecule has 0 fully saturated rings. The molecule has 1 amide bonds. The van der Waals surface area contributed by atoms with E-state index in [0.717, 1.165) is 28.6 Å². The summed E-state index contributed by atoms with van der Waals surface area (Å²) in [5.41, 5.74) is 4.25. The van der Waals surface area contributed by atoms with Crippen molar-refractivity contribution in [2.24, 2.45) is 0 Å². The SMILES string of the molecule is Cc1ccc(OCc2nc(C)c(C(=O)NCc3ccc(CN(C)C)cc3)s2)cc1. The molecular weight excluding hydrogens is 382 g/mol. The Hall–Kier alpha value is -2.70. The second-order valence-corrected chi connectivity index (χ2v) is 8.44. The summed E-state index contributed by atoms with van der Waals surface area (Å²) in [5, 5.41) is 3.78. The molecule has 1 heterocycles. The standard InChI is InChI=1S/C23H27N3O2S/c1-16-5-11-20(12-6-16)28-15-21-25-17(2)22(29-21)23(27)24-13-18-7-9-19(10-8-18)14-26(3)4/h5-12H,13-15H2,1-4H3,(H,24,27). The number of hydrogen-bond acceptors (Lipinski definition) is 5. The lowest BCUT2D eigenvalue weighted by Crippen LogP contribution is -2.22. The van der Waals surface area contributed by atoms with E-state index in [0.29, 0.717) is 18.0 Å². The predicted molar refractivity (Wildman–Crippen MR) is 117 cm³/mol. The number of benzene rings is 2. The predicted octanol–water partition coefficient (Wildman–Crippen LogP) is 4.33. The lowest BCUT2D eigenvalue weighted by atomic mass is 10.1. The minimum atomic E-state index is -0.0982. The van der Waals surface area contributed by atoms with Crippen LogP contribution in [-0.4, -0.2) is 29.9 Å². The van der Waals surface area contributed by atoms with Gasteiger partial charge >= 0.3 is 0 Å². The number of ether oxygens (including phenoxy) is 1. The maximum atomic E-state index is 12.6. The van der Waals surface area contributed by atoms with E-state index in [4.69, 9.17) is 4.74 Å². The maximum absolute atomic E-state index is 12.6. The molecule has 1 aromatic heterocycles. The molecule has 0 spiro atoms. The normalized spacial score (nSPS) is 10.9. The summed E-state index contributed by atoms with van der Waals surface area (Å²) in [6.45, 7) is 5.65. The third-order valence-electron chi connectivity index (χ3n) is 4.41. The largest absolute Gasteiger partial charge is 0.486 e. The molecule has 0 aliphatic heterocycles. The minimum Gasteiger partial charge on any atom is -0.486 e. The molecule has 2 aromatic carbocycles. The van der Waals surface area contributed by atoms with E-state index < -0.39 is 0 Å². The van der Waals surface area contributed by atoms with Crippen molar-refractivity contribution in [3.05, 3.63) is 80.8 Å². The molecule has 3 aromatic rings. The zero-order valence-corrected chi connectivity index (χ0v) is 18.2. The van der Waals surface area contributed by atoms with Crippen LogP contribution in [0.3, 0.4) is 0 Å². The van der Waals surface area contributed by atoms with Crippen LogP contribution in [0, 0.1) is 13.8 Å². The van der Waals surface area contributed by atoms with Crippen molar-refractivity contribution in [1.82, 2.24) is 15.2 Å². The van der Waals surface area contributed by atoms with Crippen LogP contribution < -0.4 is 10.1 Å². The van der Waals surface area contributed by atoms with Crippen molar-refractivity contribution < 1.29 is 9.53 Å². The van der Waals surface area contributed by atoms with Crippen molar-refractivity contribution in [1.29, 1.82) is 0 Å². The Labute approximate surface area is 176 Å². The Kier molecular flexibility index (Phi) is 7.01. The summed E-state index contributed by atoms with van der Waals surface area (Å²) in [6.07, 6.45) is 0. The van der Waals surface area contributed by atoms with E-state index >= 15 is 0 Å². The van der Waals surface area contributed by atoms with Crippen LogP contribution in [0.2, 0.25) is 0 Å². The Bertz CT molecular complexity index is 947. The zero-order chi connectivity index (χ0) is 20.8. The zero-order valence-electron chi connectivity index (χ0n) is 17.4. The van der Waals surface area contributed by atoms with Crippen LogP contribution in [-0.2, 0) is 19.7 Å². The van der Waals surface area contributed by atoms with Crippen LogP contribution in [0.1, 0.15) is 37.1 Å². The first-order valence-electron chi connectivity index (χ1n) is 9.57. The number of carbonyl (C=O) groups is 1. The molecule has 0 radical (unpaired) electrons. The number of amides is 1. The van der Waals surface area contributed by atoms with Crippen molar-refractivity contribution in [2.75, 3.05) is 14.1 Å². The molecule has 6 heteroatoms. The first kappa shape index (κ1) is 21.0. The molecule has 152 valence electrons. The summed E-state index contributed by atoms with van der Waals surface area (Å²) in [5.74, 6) is 0.700. The molecule has 0 aliphatic carbocycles. The van der Waals surface area contributed by atoms with Crippen molar-refractivity contribution in [3.8, 4) is 5.75 Å². The highest BCUT2D eigenvalue weighted by molar-refractivity contribution is 7.13. The van der Waals surface area contributed by atoms with E-state index in [1.807, 2.05) is 52.2 Å². The molecule has 0 aliphatic rings. The molecular formula is C23H27N3O2S. The fourth-order valence-corrected chi connectivity index (χ4v) is 3.79. The van der Waals surface area contributed by atoms with E-state index in [1.165, 1.54) is 22.5 Å². The first-order valence-corrected chi connectivity index (χ1v) is 10.4. The van der Waals surface area contributed by atoms with E-state index in [-0.39, 0.29) is 5.91 Å². The number of aryl methyl sites for hydroxylation is 2. The van der Waals surface area contributed by atoms with Crippen molar-refractivity contribution in [2.45, 2.75) is 33.5 Å². The summed E-state index contributed by atoms with van der Waals surface area (Å²) < 4.78 is 5.78. The topological polar surface area (TPSA) is 54.5 Å². The van der Waals surface area contributed by atoms with Gasteiger partial charge in [-0.25, -0.2) is 4.98 Å². The third kappa shape index (κ3) is 6.14. The first-order chi connectivity index (χ1) is 13.9. The van der Waals surface area contributed by atoms with Gasteiger partial charge in [0.1, 0.15) is 22.2 Å². The van der Waals surface area contributed by atoms with Crippen LogP contribution >= 0.6 is 11.3 Å². The average Bonchev–Trinajstić information content (AvgIpc) is 3.07. The van der Waals surface area contributed by atoms with Crippen molar-refractivity contribution >= 4 is 17.2 Å². The molecule has 5 nitrogen and oxygen atoms in total. The van der Waals surface area contributed by atoms with E-state index in [2.05, 4.69) is 39.5 Å². The van der Waals surface area contributed by atoms with Gasteiger partial charge in [0.15, 0.2) is 0 Å². The Morgan fingerprint density at radius 2 is 1.69 bits per heavy atom. The van der Waals surface area contributed by atoms with Gasteiger partial charge in [0.2, 0.25) is 0 Å². The smallest absolute Gasteiger partial charge is 0.263 e. The van der Waals surface area contributed by atoms with E-state index in [9.17, 15) is 4.79 Å². The van der Waals surface area contributed by atoms with E-state index in [1.54, 1.807) is 0 Å². The molecule has 0 bridgehead atoms. The van der Waals surface area contributed by atoms with Gasteiger partial charge in [0.05, 0.1) is 5.69 Å². The number of nitrogens with one attached hydrogen (secondary N) is 1. The van der Waals surface area contributed by atoms with Gasteiger partial charge in [-0.05, 0) is 51.2 Å². The lowest BCUT2D eigenvalue weighted by molar-refractivity contribution is 0.0954. The van der Waals surface area contributed by atoms with Gasteiger partial charge in [0, 0.05) is 13.1 Å². The highest BCUT2D eigenvalue weighted by atomic mass is 32.1. The monoisotopic (exact) mass is 409 g/mol. The average molecular weight is 410 g/mol. The summed E-state index contributed by atoms with van der Waals surface area (Å²) in [7, 11) is 4.09. The molecule has 3 rings (SSSR count). The Morgan fingerprint density at radius 1 is 1.03 bits per heavy atom. The molecule has 0 saturated heterocycles. The van der Waals surface area contributed by atoms with Gasteiger partial charge in [-0.15, -0.1) is 11.3 Å².